The highest BCUT2D eigenvalue weighted by molar-refractivity contribution is 5.80. The number of anilines is 1. The van der Waals surface area contributed by atoms with Gasteiger partial charge in [0.05, 0.1) is 6.04 Å². The van der Waals surface area contributed by atoms with Gasteiger partial charge in [0.1, 0.15) is 0 Å². The van der Waals surface area contributed by atoms with Crippen molar-refractivity contribution in [1.82, 2.24) is 14.9 Å². The molecule has 1 saturated heterocycles. The standard InChI is InChI=1S/C12H16N4O/c1-8-4-5-13-12(14-8)15-9-6-11(17)16(7-9)10-2-3-10/h4-5,9-10H,2-3,6-7H2,1H3,(H,13,14,15). The van der Waals surface area contributed by atoms with Crippen molar-refractivity contribution in [3.8, 4) is 0 Å². The molecule has 2 aliphatic rings. The highest BCUT2D eigenvalue weighted by Crippen LogP contribution is 2.31. The Morgan fingerprint density at radius 2 is 2.29 bits per heavy atom. The van der Waals surface area contributed by atoms with Crippen LogP contribution in [0.1, 0.15) is 25.0 Å². The number of carbonyl (C=O) groups excluding carboxylic acids is 1. The fraction of sp³-hybridized carbons (Fsp3) is 0.583. The molecule has 2 fully saturated rings. The van der Waals surface area contributed by atoms with E-state index < -0.39 is 0 Å². The van der Waals surface area contributed by atoms with Gasteiger partial charge in [0.2, 0.25) is 11.9 Å². The summed E-state index contributed by atoms with van der Waals surface area (Å²) in [6, 6.07) is 2.53. The highest BCUT2D eigenvalue weighted by atomic mass is 16.2. The lowest BCUT2D eigenvalue weighted by Gasteiger charge is -2.16. The number of aryl methyl sites for hydroxylation is 1. The molecule has 90 valence electrons. The highest BCUT2D eigenvalue weighted by Gasteiger charge is 2.39. The lowest BCUT2D eigenvalue weighted by atomic mass is 10.2. The average molecular weight is 232 g/mol. The van der Waals surface area contributed by atoms with Crippen LogP contribution in [0.4, 0.5) is 5.95 Å². The van der Waals surface area contributed by atoms with Gasteiger partial charge >= 0.3 is 0 Å². The number of carbonyl (C=O) groups is 1. The molecule has 5 nitrogen and oxygen atoms in total. The summed E-state index contributed by atoms with van der Waals surface area (Å²) in [5.41, 5.74) is 0.936. The number of amides is 1. The summed E-state index contributed by atoms with van der Waals surface area (Å²) in [7, 11) is 0. The summed E-state index contributed by atoms with van der Waals surface area (Å²) in [6.45, 7) is 2.73. The second-order valence-corrected chi connectivity index (χ2v) is 4.84. The van der Waals surface area contributed by atoms with Crippen LogP contribution in [-0.2, 0) is 4.79 Å². The van der Waals surface area contributed by atoms with E-state index in [2.05, 4.69) is 15.3 Å². The Bertz CT molecular complexity index is 444. The first kappa shape index (κ1) is 10.5. The lowest BCUT2D eigenvalue weighted by molar-refractivity contribution is -0.128. The zero-order valence-corrected chi connectivity index (χ0v) is 9.89. The fourth-order valence-electron chi connectivity index (χ4n) is 2.27. The zero-order chi connectivity index (χ0) is 11.8. The zero-order valence-electron chi connectivity index (χ0n) is 9.89. The Morgan fingerprint density at radius 3 is 3.00 bits per heavy atom. The SMILES string of the molecule is Cc1ccnc(NC2CC(=O)N(C3CC3)C2)n1. The van der Waals surface area contributed by atoms with Crippen molar-refractivity contribution in [3.05, 3.63) is 18.0 Å². The predicted octanol–water partition coefficient (Wildman–Crippen LogP) is 0.960. The smallest absolute Gasteiger partial charge is 0.225 e. The van der Waals surface area contributed by atoms with Gasteiger partial charge in [-0.3, -0.25) is 4.79 Å². The van der Waals surface area contributed by atoms with E-state index >= 15 is 0 Å². The van der Waals surface area contributed by atoms with E-state index in [1.165, 1.54) is 12.8 Å². The minimum atomic E-state index is 0.157. The van der Waals surface area contributed by atoms with Gasteiger partial charge in [-0.15, -0.1) is 0 Å². The number of nitrogens with zero attached hydrogens (tertiary/aromatic N) is 3. The number of likely N-dealkylation sites (tertiary alicyclic amines) is 1. The maximum atomic E-state index is 11.8. The molecule has 1 aromatic rings. The van der Waals surface area contributed by atoms with Gasteiger partial charge in [-0.05, 0) is 25.8 Å². The summed E-state index contributed by atoms with van der Waals surface area (Å²) in [6.07, 6.45) is 4.63. The van der Waals surface area contributed by atoms with Gasteiger partial charge < -0.3 is 10.2 Å². The van der Waals surface area contributed by atoms with Crippen molar-refractivity contribution in [3.63, 3.8) is 0 Å². The average Bonchev–Trinajstić information content (AvgIpc) is 3.04. The molecule has 5 heteroatoms. The van der Waals surface area contributed by atoms with Crippen LogP contribution >= 0.6 is 0 Å². The third-order valence-electron chi connectivity index (χ3n) is 3.27. The topological polar surface area (TPSA) is 58.1 Å². The summed E-state index contributed by atoms with van der Waals surface area (Å²) < 4.78 is 0. The molecule has 1 aromatic heterocycles. The van der Waals surface area contributed by atoms with Crippen molar-refractivity contribution >= 4 is 11.9 Å². The molecule has 0 aromatic carbocycles. The molecular formula is C12H16N4O. The molecule has 1 N–H and O–H groups in total. The van der Waals surface area contributed by atoms with Gasteiger partial charge in [0.15, 0.2) is 0 Å². The van der Waals surface area contributed by atoms with E-state index in [9.17, 15) is 4.79 Å². The largest absolute Gasteiger partial charge is 0.349 e. The van der Waals surface area contributed by atoms with Crippen LogP contribution in [0.15, 0.2) is 12.3 Å². The lowest BCUT2D eigenvalue weighted by Crippen LogP contribution is -2.30. The maximum absolute atomic E-state index is 11.8. The number of rotatable bonds is 3. The van der Waals surface area contributed by atoms with Crippen LogP contribution < -0.4 is 5.32 Å². The van der Waals surface area contributed by atoms with Crippen LogP contribution in [0.2, 0.25) is 0 Å². The van der Waals surface area contributed by atoms with Crippen LogP contribution in [-0.4, -0.2) is 39.4 Å². The number of aromatic nitrogens is 2. The molecular weight excluding hydrogens is 216 g/mol. The summed E-state index contributed by atoms with van der Waals surface area (Å²) in [4.78, 5) is 22.2. The van der Waals surface area contributed by atoms with E-state index in [0.717, 1.165) is 12.2 Å². The van der Waals surface area contributed by atoms with Gasteiger partial charge in [-0.2, -0.15) is 0 Å². The second kappa shape index (κ2) is 3.98. The van der Waals surface area contributed by atoms with Crippen LogP contribution in [0.5, 0.6) is 0 Å². The number of hydrogen-bond acceptors (Lipinski definition) is 4. The molecule has 0 spiro atoms. The predicted molar refractivity (Wildman–Crippen MR) is 63.5 cm³/mol. The Kier molecular flexibility index (Phi) is 2.46. The molecule has 17 heavy (non-hydrogen) atoms. The van der Waals surface area contributed by atoms with Crippen LogP contribution in [0, 0.1) is 6.92 Å². The molecule has 1 amide bonds. The van der Waals surface area contributed by atoms with Crippen LogP contribution in [0.25, 0.3) is 0 Å². The minimum absolute atomic E-state index is 0.157. The van der Waals surface area contributed by atoms with Crippen molar-refractivity contribution in [2.24, 2.45) is 0 Å². The minimum Gasteiger partial charge on any atom is -0.349 e. The third kappa shape index (κ3) is 2.23. The van der Waals surface area contributed by atoms with Crippen LogP contribution in [0.3, 0.4) is 0 Å². The van der Waals surface area contributed by atoms with Gasteiger partial charge in [0, 0.05) is 30.9 Å². The molecule has 1 aliphatic carbocycles. The summed E-state index contributed by atoms with van der Waals surface area (Å²) in [5.74, 6) is 0.887. The molecule has 1 aliphatic heterocycles. The maximum Gasteiger partial charge on any atom is 0.225 e. The quantitative estimate of drug-likeness (QED) is 0.843. The van der Waals surface area contributed by atoms with E-state index in [4.69, 9.17) is 0 Å². The van der Waals surface area contributed by atoms with Crippen molar-refractivity contribution in [2.75, 3.05) is 11.9 Å². The fourth-order valence-corrected chi connectivity index (χ4v) is 2.27. The van der Waals surface area contributed by atoms with Gasteiger partial charge in [-0.1, -0.05) is 0 Å². The second-order valence-electron chi connectivity index (χ2n) is 4.84. The van der Waals surface area contributed by atoms with E-state index in [-0.39, 0.29) is 11.9 Å². The Hall–Kier alpha value is -1.65. The van der Waals surface area contributed by atoms with E-state index in [1.807, 2.05) is 17.9 Å². The molecule has 1 saturated carbocycles. The molecule has 2 heterocycles. The Morgan fingerprint density at radius 1 is 1.47 bits per heavy atom. The number of nitrogens with one attached hydrogen (secondary N) is 1. The van der Waals surface area contributed by atoms with Gasteiger partial charge in [-0.25, -0.2) is 9.97 Å². The van der Waals surface area contributed by atoms with E-state index in [0.29, 0.717) is 18.4 Å². The summed E-state index contributed by atoms with van der Waals surface area (Å²) in [5, 5.41) is 3.24. The van der Waals surface area contributed by atoms with Crippen molar-refractivity contribution in [1.29, 1.82) is 0 Å². The normalized spacial score (nSPS) is 24.2. The number of hydrogen-bond donors (Lipinski definition) is 1. The van der Waals surface area contributed by atoms with Gasteiger partial charge in [0.25, 0.3) is 0 Å². The third-order valence-corrected chi connectivity index (χ3v) is 3.27. The summed E-state index contributed by atoms with van der Waals surface area (Å²) >= 11 is 0. The molecule has 0 bridgehead atoms. The van der Waals surface area contributed by atoms with Crippen molar-refractivity contribution in [2.45, 2.75) is 38.3 Å². The van der Waals surface area contributed by atoms with Crippen molar-refractivity contribution < 1.29 is 4.79 Å². The Labute approximate surface area is 100 Å². The molecule has 3 rings (SSSR count). The first-order valence-corrected chi connectivity index (χ1v) is 6.08. The van der Waals surface area contributed by atoms with E-state index in [1.54, 1.807) is 6.20 Å². The molecule has 1 unspecified atom stereocenters. The molecule has 0 radical (unpaired) electrons. The molecule has 1 atom stereocenters. The first-order chi connectivity index (χ1) is 8.22. The first-order valence-electron chi connectivity index (χ1n) is 6.08. The Balaban J connectivity index is 1.65. The monoisotopic (exact) mass is 232 g/mol.